The van der Waals surface area contributed by atoms with E-state index in [1.54, 1.807) is 24.5 Å². The molecule has 156 valence electrons. The van der Waals surface area contributed by atoms with E-state index >= 15 is 0 Å². The summed E-state index contributed by atoms with van der Waals surface area (Å²) < 4.78 is 13.4. The molecule has 4 rings (SSSR count). The van der Waals surface area contributed by atoms with Gasteiger partial charge in [-0.2, -0.15) is 0 Å². The van der Waals surface area contributed by atoms with E-state index in [4.69, 9.17) is 0 Å². The number of imidazole rings is 1. The molecule has 0 radical (unpaired) electrons. The maximum absolute atomic E-state index is 13.6. The van der Waals surface area contributed by atoms with Crippen LogP contribution in [-0.2, 0) is 17.8 Å². The third-order valence-electron chi connectivity index (χ3n) is 5.59. The van der Waals surface area contributed by atoms with Crippen molar-refractivity contribution in [2.75, 3.05) is 7.05 Å². The number of hydrogen-bond donors (Lipinski definition) is 1. The van der Waals surface area contributed by atoms with Crippen LogP contribution in [0.1, 0.15) is 16.7 Å². The van der Waals surface area contributed by atoms with Crippen LogP contribution in [0.25, 0.3) is 11.4 Å². The largest absolute Gasteiger partial charge is 0.345 e. The smallest absolute Gasteiger partial charge is 0.323 e. The fourth-order valence-electron chi connectivity index (χ4n) is 3.82. The van der Waals surface area contributed by atoms with Gasteiger partial charge in [0.25, 0.3) is 0 Å². The third-order valence-corrected chi connectivity index (χ3v) is 5.59. The van der Waals surface area contributed by atoms with Crippen molar-refractivity contribution < 1.29 is 9.18 Å². The molecule has 3 aromatic carbocycles. The first-order chi connectivity index (χ1) is 14.9. The monoisotopic (exact) mass is 414 g/mol. The molecule has 0 spiro atoms. The van der Waals surface area contributed by atoms with Gasteiger partial charge >= 0.3 is 5.91 Å². The average Bonchev–Trinajstić information content (AvgIpc) is 3.30. The Hall–Kier alpha value is -3.57. The van der Waals surface area contributed by atoms with Gasteiger partial charge in [-0.25, -0.2) is 18.7 Å². The summed E-state index contributed by atoms with van der Waals surface area (Å²) in [5, 5.41) is 0. The zero-order chi connectivity index (χ0) is 21.8. The fourth-order valence-corrected chi connectivity index (χ4v) is 3.82. The lowest BCUT2D eigenvalue weighted by molar-refractivity contribution is -0.129. The topological polar surface area (TPSA) is 45.8 Å². The van der Waals surface area contributed by atoms with E-state index < -0.39 is 0 Å². The van der Waals surface area contributed by atoms with Gasteiger partial charge < -0.3 is 4.98 Å². The van der Waals surface area contributed by atoms with Gasteiger partial charge in [-0.05, 0) is 42.3 Å². The second-order valence-electron chi connectivity index (χ2n) is 8.02. The molecule has 1 aromatic heterocycles. The number of aromatic amines is 1. The molecule has 0 saturated heterocycles. The number of quaternary nitrogens is 1. The highest BCUT2D eigenvalue weighted by Crippen LogP contribution is 2.28. The van der Waals surface area contributed by atoms with Gasteiger partial charge in [0.15, 0.2) is 0 Å². The summed E-state index contributed by atoms with van der Waals surface area (Å²) in [7, 11) is 1.94. The molecule has 1 atom stereocenters. The molecule has 0 fully saturated rings. The molecule has 0 bridgehead atoms. The standard InChI is InChI=1S/C26H25FN3O/c1-19-5-3-8-24(15-19)30(2,25(31)17-20-9-11-23(27)12-10-20)18-21-6-4-7-22(16-21)26-28-13-14-29-26/h3-16H,17-18H2,1-2H3,(H,28,29)/q+1. The van der Waals surface area contributed by atoms with Gasteiger partial charge in [0.05, 0.1) is 13.5 Å². The minimum absolute atomic E-state index is 0.0422. The van der Waals surface area contributed by atoms with Crippen molar-refractivity contribution in [2.45, 2.75) is 19.9 Å². The van der Waals surface area contributed by atoms with E-state index in [9.17, 15) is 9.18 Å². The van der Waals surface area contributed by atoms with Gasteiger partial charge in [0.1, 0.15) is 23.9 Å². The average molecular weight is 415 g/mol. The first-order valence-corrected chi connectivity index (χ1v) is 10.2. The molecule has 1 unspecified atom stereocenters. The van der Waals surface area contributed by atoms with Crippen LogP contribution in [0.5, 0.6) is 0 Å². The highest BCUT2D eigenvalue weighted by atomic mass is 19.1. The highest BCUT2D eigenvalue weighted by Gasteiger charge is 2.35. The van der Waals surface area contributed by atoms with Crippen molar-refractivity contribution in [3.63, 3.8) is 0 Å². The minimum atomic E-state index is -0.304. The van der Waals surface area contributed by atoms with E-state index in [-0.39, 0.29) is 22.6 Å². The van der Waals surface area contributed by atoms with Crippen LogP contribution in [0.4, 0.5) is 10.1 Å². The molecule has 1 amide bonds. The van der Waals surface area contributed by atoms with Crippen LogP contribution >= 0.6 is 0 Å². The Bertz CT molecular complexity index is 1190. The summed E-state index contributed by atoms with van der Waals surface area (Å²) in [5.41, 5.74) is 4.83. The number of amides is 1. The lowest BCUT2D eigenvalue weighted by atomic mass is 10.0. The first-order valence-electron chi connectivity index (χ1n) is 10.2. The zero-order valence-corrected chi connectivity index (χ0v) is 17.7. The summed E-state index contributed by atoms with van der Waals surface area (Å²) in [6.07, 6.45) is 3.74. The molecule has 4 aromatic rings. The maximum Gasteiger partial charge on any atom is 0.323 e. The Labute approximate surface area is 181 Å². The van der Waals surface area contributed by atoms with Gasteiger partial charge in [-0.1, -0.05) is 42.5 Å². The normalized spacial score (nSPS) is 13.0. The van der Waals surface area contributed by atoms with Gasteiger partial charge in [0, 0.05) is 29.6 Å². The second-order valence-corrected chi connectivity index (χ2v) is 8.02. The number of rotatable bonds is 6. The number of likely N-dealkylation sites (N-methyl/N-ethyl adjacent to an activating group) is 1. The van der Waals surface area contributed by atoms with E-state index in [0.29, 0.717) is 6.54 Å². The summed E-state index contributed by atoms with van der Waals surface area (Å²) in [6.45, 7) is 2.52. The Morgan fingerprint density at radius 1 is 1.00 bits per heavy atom. The molecule has 0 aliphatic heterocycles. The molecule has 31 heavy (non-hydrogen) atoms. The second kappa shape index (κ2) is 8.66. The van der Waals surface area contributed by atoms with Crippen LogP contribution in [0.15, 0.2) is 85.2 Å². The van der Waals surface area contributed by atoms with Crippen LogP contribution in [0.2, 0.25) is 0 Å². The molecule has 5 heteroatoms. The number of carbonyl (C=O) groups is 1. The van der Waals surface area contributed by atoms with Gasteiger partial charge in [-0.3, -0.25) is 0 Å². The molecule has 0 aliphatic carbocycles. The predicted molar refractivity (Wildman–Crippen MR) is 122 cm³/mol. The Morgan fingerprint density at radius 3 is 2.48 bits per heavy atom. The number of benzene rings is 3. The van der Waals surface area contributed by atoms with Gasteiger partial charge in [0.2, 0.25) is 0 Å². The summed E-state index contributed by atoms with van der Waals surface area (Å²) in [6, 6.07) is 22.3. The minimum Gasteiger partial charge on any atom is -0.345 e. The lowest BCUT2D eigenvalue weighted by Gasteiger charge is -2.32. The van der Waals surface area contributed by atoms with E-state index in [0.717, 1.165) is 33.8 Å². The molecule has 1 heterocycles. The van der Waals surface area contributed by atoms with Crippen molar-refractivity contribution in [1.29, 1.82) is 0 Å². The van der Waals surface area contributed by atoms with Crippen molar-refractivity contribution in [3.05, 3.63) is 108 Å². The number of aryl methyl sites for hydroxylation is 1. The first kappa shape index (κ1) is 20.7. The molecular formula is C26H25FN3O+. The molecular weight excluding hydrogens is 389 g/mol. The predicted octanol–water partition coefficient (Wildman–Crippen LogP) is 5.43. The quantitative estimate of drug-likeness (QED) is 0.428. The van der Waals surface area contributed by atoms with E-state index in [1.807, 2.05) is 50.4 Å². The van der Waals surface area contributed by atoms with Crippen LogP contribution in [-0.4, -0.2) is 22.9 Å². The van der Waals surface area contributed by atoms with Crippen molar-refractivity contribution in [3.8, 4) is 11.4 Å². The van der Waals surface area contributed by atoms with Crippen LogP contribution in [0, 0.1) is 12.7 Å². The number of H-pyrrole nitrogens is 1. The molecule has 0 saturated carbocycles. The zero-order valence-electron chi connectivity index (χ0n) is 17.7. The van der Waals surface area contributed by atoms with Crippen molar-refractivity contribution in [2.24, 2.45) is 0 Å². The number of aromatic nitrogens is 2. The number of carbonyl (C=O) groups excluding carboxylic acids is 1. The highest BCUT2D eigenvalue weighted by molar-refractivity contribution is 5.89. The van der Waals surface area contributed by atoms with Crippen molar-refractivity contribution in [1.82, 2.24) is 14.5 Å². The number of nitrogens with one attached hydrogen (secondary N) is 1. The Balaban J connectivity index is 1.70. The fraction of sp³-hybridized carbons (Fsp3) is 0.154. The van der Waals surface area contributed by atoms with E-state index in [1.165, 1.54) is 12.1 Å². The third kappa shape index (κ3) is 4.62. The summed E-state index contributed by atoms with van der Waals surface area (Å²) in [5.74, 6) is 0.534. The van der Waals surface area contributed by atoms with E-state index in [2.05, 4.69) is 22.1 Å². The van der Waals surface area contributed by atoms with Gasteiger partial charge in [-0.15, -0.1) is 0 Å². The van der Waals surface area contributed by atoms with Crippen LogP contribution in [0.3, 0.4) is 0 Å². The SMILES string of the molecule is Cc1cccc([N+](C)(Cc2cccc(-c3ncc[nH]3)c2)C(=O)Cc2ccc(F)cc2)c1. The lowest BCUT2D eigenvalue weighted by Crippen LogP contribution is -2.50. The summed E-state index contributed by atoms with van der Waals surface area (Å²) >= 11 is 0. The molecule has 0 aliphatic rings. The maximum atomic E-state index is 13.6. The van der Waals surface area contributed by atoms with Crippen molar-refractivity contribution >= 4 is 11.6 Å². The molecule has 4 nitrogen and oxygen atoms in total. The Morgan fingerprint density at radius 2 is 1.77 bits per heavy atom. The van der Waals surface area contributed by atoms with Crippen LogP contribution < -0.4 is 4.48 Å². The summed E-state index contributed by atoms with van der Waals surface area (Å²) in [4.78, 5) is 21.1. The number of hydrogen-bond acceptors (Lipinski definition) is 2. The number of nitrogens with zero attached hydrogens (tertiary/aromatic N) is 2. The molecule has 1 N–H and O–H groups in total. The Kier molecular flexibility index (Phi) is 5.78. The number of halogens is 1.